The summed E-state index contributed by atoms with van der Waals surface area (Å²) in [6.07, 6.45) is 4.20. The normalized spacial score (nSPS) is 24.0. The quantitative estimate of drug-likeness (QED) is 0.791. The summed E-state index contributed by atoms with van der Waals surface area (Å²) in [7, 11) is 0. The molecule has 5 heteroatoms. The van der Waals surface area contributed by atoms with Crippen LogP contribution in [0, 0.1) is 0 Å². The van der Waals surface area contributed by atoms with Crippen molar-refractivity contribution in [2.45, 2.75) is 84.0 Å². The van der Waals surface area contributed by atoms with E-state index < -0.39 is 0 Å². The van der Waals surface area contributed by atoms with Gasteiger partial charge in [0, 0.05) is 11.5 Å². The van der Waals surface area contributed by atoms with Crippen molar-refractivity contribution in [2.75, 3.05) is 6.73 Å². The van der Waals surface area contributed by atoms with Crippen molar-refractivity contribution in [1.82, 2.24) is 0 Å². The fourth-order valence-electron chi connectivity index (χ4n) is 5.63. The molecule has 0 spiro atoms. The highest BCUT2D eigenvalue weighted by atomic mass is 16.5. The highest BCUT2D eigenvalue weighted by Gasteiger charge is 2.46. The van der Waals surface area contributed by atoms with Crippen LogP contribution < -0.4 is 20.6 Å². The van der Waals surface area contributed by atoms with Crippen LogP contribution in [-0.4, -0.2) is 23.9 Å². The maximum absolute atomic E-state index is 12.2. The molecule has 152 valence electrons. The summed E-state index contributed by atoms with van der Waals surface area (Å²) < 4.78 is 11.9. The lowest BCUT2D eigenvalue weighted by molar-refractivity contribution is -0.969. The van der Waals surface area contributed by atoms with E-state index in [0.717, 1.165) is 60.1 Å². The number of nitrogens with one attached hydrogen (secondary N) is 1. The number of fused-ring (bicyclic) bond motifs is 3. The van der Waals surface area contributed by atoms with E-state index in [9.17, 15) is 4.79 Å². The monoisotopic (exact) mass is 386 g/mol. The number of nitrogens with two attached hydrogens (primary N) is 1. The third-order valence-corrected chi connectivity index (χ3v) is 6.30. The molecule has 1 aromatic heterocycles. The Labute approximate surface area is 167 Å². The second-order valence-corrected chi connectivity index (χ2v) is 10.1. The molecule has 28 heavy (non-hydrogen) atoms. The molecular formula is C23H34N2O3+2. The SMILES string of the molecule is CCCc1cc(=O)oc2c3c(ccc12)OC[NH+](C1CC(C)(C)[NH2+]C(C)(C)C1)C3. The maximum atomic E-state index is 12.2. The zero-order valence-corrected chi connectivity index (χ0v) is 17.9. The molecule has 0 amide bonds. The number of hydrogen-bond acceptors (Lipinski definition) is 3. The van der Waals surface area contributed by atoms with Crippen LogP contribution in [0.3, 0.4) is 0 Å². The van der Waals surface area contributed by atoms with Gasteiger partial charge in [0.05, 0.1) is 29.5 Å². The third kappa shape index (κ3) is 3.70. The summed E-state index contributed by atoms with van der Waals surface area (Å²) in [5, 5.41) is 3.57. The lowest BCUT2D eigenvalue weighted by Gasteiger charge is -2.45. The first-order valence-corrected chi connectivity index (χ1v) is 10.6. The molecule has 0 saturated carbocycles. The first kappa shape index (κ1) is 19.5. The topological polar surface area (TPSA) is 60.5 Å². The zero-order valence-electron chi connectivity index (χ0n) is 17.9. The maximum Gasteiger partial charge on any atom is 0.336 e. The second-order valence-electron chi connectivity index (χ2n) is 10.1. The minimum absolute atomic E-state index is 0.222. The molecule has 3 heterocycles. The lowest BCUT2D eigenvalue weighted by atomic mass is 9.79. The largest absolute Gasteiger partial charge is 0.445 e. The molecule has 2 aromatic rings. The molecule has 5 nitrogen and oxygen atoms in total. The van der Waals surface area contributed by atoms with E-state index >= 15 is 0 Å². The minimum Gasteiger partial charge on any atom is -0.445 e. The molecule has 1 unspecified atom stereocenters. The zero-order chi connectivity index (χ0) is 20.1. The van der Waals surface area contributed by atoms with Gasteiger partial charge in [-0.15, -0.1) is 0 Å². The summed E-state index contributed by atoms with van der Waals surface area (Å²) in [6.45, 7) is 13.0. The third-order valence-electron chi connectivity index (χ3n) is 6.30. The molecule has 1 aromatic carbocycles. The Morgan fingerprint density at radius 3 is 2.57 bits per heavy atom. The van der Waals surface area contributed by atoms with E-state index in [1.807, 2.05) is 0 Å². The summed E-state index contributed by atoms with van der Waals surface area (Å²) in [5.74, 6) is 0.869. The fraction of sp³-hybridized carbons (Fsp3) is 0.609. The van der Waals surface area contributed by atoms with E-state index in [-0.39, 0.29) is 16.7 Å². The van der Waals surface area contributed by atoms with Gasteiger partial charge in [0.2, 0.25) is 6.73 Å². The summed E-state index contributed by atoms with van der Waals surface area (Å²) in [6, 6.07) is 6.28. The van der Waals surface area contributed by atoms with Gasteiger partial charge in [0.1, 0.15) is 18.3 Å². The molecule has 2 aliphatic heterocycles. The van der Waals surface area contributed by atoms with Crippen molar-refractivity contribution in [3.63, 3.8) is 0 Å². The first-order valence-electron chi connectivity index (χ1n) is 10.6. The Morgan fingerprint density at radius 1 is 1.18 bits per heavy atom. The van der Waals surface area contributed by atoms with E-state index in [0.29, 0.717) is 12.8 Å². The number of ether oxygens (including phenoxy) is 1. The number of rotatable bonds is 3. The molecular weight excluding hydrogens is 352 g/mol. The van der Waals surface area contributed by atoms with Crippen LogP contribution in [0.1, 0.15) is 65.0 Å². The number of hydrogen-bond donors (Lipinski definition) is 2. The van der Waals surface area contributed by atoms with Gasteiger partial charge in [-0.1, -0.05) is 13.3 Å². The van der Waals surface area contributed by atoms with E-state index in [1.54, 1.807) is 6.07 Å². The minimum atomic E-state index is -0.258. The molecule has 0 radical (unpaired) electrons. The van der Waals surface area contributed by atoms with Gasteiger partial charge in [-0.3, -0.25) is 4.90 Å². The van der Waals surface area contributed by atoms with E-state index in [4.69, 9.17) is 9.15 Å². The Bertz CT molecular complexity index is 929. The lowest BCUT2D eigenvalue weighted by Crippen LogP contribution is -3.19. The molecule has 3 N–H and O–H groups in total. The van der Waals surface area contributed by atoms with Crippen LogP contribution in [-0.2, 0) is 13.0 Å². The standard InChI is InChI=1S/C23H32N2O3/c1-6-7-15-10-20(26)28-21-17(15)8-9-19-18(21)13-25(14-27-19)16-11-22(2,3)24-23(4,5)12-16/h8-10,16,24H,6-7,11-14H2,1-5H3/p+2. The van der Waals surface area contributed by atoms with Crippen LogP contribution in [0.2, 0.25) is 0 Å². The summed E-state index contributed by atoms with van der Waals surface area (Å²) in [4.78, 5) is 13.6. The van der Waals surface area contributed by atoms with Gasteiger partial charge in [0.25, 0.3) is 0 Å². The van der Waals surface area contributed by atoms with Crippen molar-refractivity contribution in [1.29, 1.82) is 0 Å². The molecule has 1 saturated heterocycles. The van der Waals surface area contributed by atoms with Gasteiger partial charge in [-0.25, -0.2) is 4.79 Å². The highest BCUT2D eigenvalue weighted by molar-refractivity contribution is 5.85. The number of aryl methyl sites for hydroxylation is 1. The Balaban J connectivity index is 1.71. The van der Waals surface area contributed by atoms with Gasteiger partial charge >= 0.3 is 5.63 Å². The summed E-state index contributed by atoms with van der Waals surface area (Å²) >= 11 is 0. The van der Waals surface area contributed by atoms with Crippen molar-refractivity contribution >= 4 is 11.0 Å². The second kappa shape index (κ2) is 6.89. The summed E-state index contributed by atoms with van der Waals surface area (Å²) in [5.41, 5.74) is 3.05. The van der Waals surface area contributed by atoms with Crippen molar-refractivity contribution in [3.8, 4) is 5.75 Å². The molecule has 0 bridgehead atoms. The van der Waals surface area contributed by atoms with Crippen LogP contribution in [0.25, 0.3) is 11.0 Å². The molecule has 2 aliphatic rings. The van der Waals surface area contributed by atoms with Crippen LogP contribution >= 0.6 is 0 Å². The molecule has 0 aliphatic carbocycles. The predicted octanol–water partition coefficient (Wildman–Crippen LogP) is 1.76. The van der Waals surface area contributed by atoms with Crippen molar-refractivity contribution in [3.05, 3.63) is 39.7 Å². The Morgan fingerprint density at radius 2 is 1.89 bits per heavy atom. The Hall–Kier alpha value is -1.85. The molecule has 1 atom stereocenters. The molecule has 1 fully saturated rings. The van der Waals surface area contributed by atoms with Crippen molar-refractivity contribution < 1.29 is 19.4 Å². The first-order chi connectivity index (χ1) is 13.2. The number of benzene rings is 1. The Kier molecular flexibility index (Phi) is 4.79. The highest BCUT2D eigenvalue weighted by Crippen LogP contribution is 2.31. The van der Waals surface area contributed by atoms with Gasteiger partial charge in [0.15, 0.2) is 5.58 Å². The van der Waals surface area contributed by atoms with Crippen LogP contribution in [0.4, 0.5) is 0 Å². The smallest absolute Gasteiger partial charge is 0.336 e. The van der Waals surface area contributed by atoms with Crippen LogP contribution in [0.5, 0.6) is 5.75 Å². The van der Waals surface area contributed by atoms with Crippen LogP contribution in [0.15, 0.2) is 27.4 Å². The average Bonchev–Trinajstić information content (AvgIpc) is 2.58. The van der Waals surface area contributed by atoms with E-state index in [1.165, 1.54) is 4.90 Å². The number of piperidine rings is 1. The predicted molar refractivity (Wildman–Crippen MR) is 110 cm³/mol. The molecule has 4 rings (SSSR count). The fourth-order valence-corrected chi connectivity index (χ4v) is 5.63. The van der Waals surface area contributed by atoms with E-state index in [2.05, 4.69) is 52.1 Å². The average molecular weight is 387 g/mol. The van der Waals surface area contributed by atoms with Crippen molar-refractivity contribution in [2.24, 2.45) is 0 Å². The van der Waals surface area contributed by atoms with Gasteiger partial charge < -0.3 is 14.5 Å². The number of quaternary nitrogens is 2. The van der Waals surface area contributed by atoms with Gasteiger partial charge in [-0.2, -0.15) is 0 Å². The van der Waals surface area contributed by atoms with Gasteiger partial charge in [-0.05, 0) is 51.8 Å².